The summed E-state index contributed by atoms with van der Waals surface area (Å²) in [5.74, 6) is 0.743. The number of urea groups is 1. The molecule has 1 aliphatic heterocycles. The van der Waals surface area contributed by atoms with Gasteiger partial charge >= 0.3 is 6.03 Å². The quantitative estimate of drug-likeness (QED) is 0.897. The van der Waals surface area contributed by atoms with E-state index in [1.54, 1.807) is 11.0 Å². The Hall–Kier alpha value is -2.01. The minimum absolute atomic E-state index is 0.0536. The highest BCUT2D eigenvalue weighted by Gasteiger charge is 2.32. The third-order valence-electron chi connectivity index (χ3n) is 3.91. The number of nitrogens with zero attached hydrogens (tertiary/aromatic N) is 2. The molecule has 1 aromatic heterocycles. The highest BCUT2D eigenvalue weighted by molar-refractivity contribution is 6.31. The van der Waals surface area contributed by atoms with Crippen LogP contribution in [0, 0.1) is 13.8 Å². The lowest BCUT2D eigenvalue weighted by Gasteiger charge is -2.23. The summed E-state index contributed by atoms with van der Waals surface area (Å²) in [5, 5.41) is 7.45. The molecular formula is C16H18ClN3O2. The Bertz CT molecular complexity index is 698. The molecule has 1 aliphatic rings. The standard InChI is InChI=1S/C16H18ClN3O2/c1-10-5-6-12(9-13(10)17)18-16(21)20-7-3-4-14(20)15-8-11(2)19-22-15/h5-6,8-9,14H,3-4,7H2,1-2H3,(H,18,21)/t14-/m1/s1. The second-order valence-corrected chi connectivity index (χ2v) is 6.02. The maximum absolute atomic E-state index is 12.5. The largest absolute Gasteiger partial charge is 0.359 e. The van der Waals surface area contributed by atoms with Crippen molar-refractivity contribution in [2.75, 3.05) is 11.9 Å². The Kier molecular flexibility index (Phi) is 4.07. The van der Waals surface area contributed by atoms with Crippen LogP contribution in [0.4, 0.5) is 10.5 Å². The number of aromatic nitrogens is 1. The molecule has 1 fully saturated rings. The van der Waals surface area contributed by atoms with Crippen LogP contribution in [0.1, 0.15) is 35.9 Å². The fourth-order valence-corrected chi connectivity index (χ4v) is 2.89. The van der Waals surface area contributed by atoms with Crippen LogP contribution < -0.4 is 5.32 Å². The van der Waals surface area contributed by atoms with Crippen molar-refractivity contribution in [3.8, 4) is 0 Å². The molecule has 1 aromatic carbocycles. The third kappa shape index (κ3) is 2.95. The highest BCUT2D eigenvalue weighted by atomic mass is 35.5. The van der Waals surface area contributed by atoms with Gasteiger partial charge in [0.25, 0.3) is 0 Å². The minimum Gasteiger partial charge on any atom is -0.359 e. The highest BCUT2D eigenvalue weighted by Crippen LogP contribution is 2.33. The predicted octanol–water partition coefficient (Wildman–Crippen LogP) is 4.31. The SMILES string of the molecule is Cc1cc([C@H]2CCCN2C(=O)Nc2ccc(C)c(Cl)c2)on1. The predicted molar refractivity (Wildman–Crippen MR) is 85.1 cm³/mol. The van der Waals surface area contributed by atoms with Gasteiger partial charge in [0, 0.05) is 23.3 Å². The van der Waals surface area contributed by atoms with Crippen LogP contribution in [0.15, 0.2) is 28.8 Å². The molecule has 0 radical (unpaired) electrons. The van der Waals surface area contributed by atoms with E-state index in [-0.39, 0.29) is 12.1 Å². The van der Waals surface area contributed by atoms with E-state index in [1.165, 1.54) is 0 Å². The topological polar surface area (TPSA) is 58.4 Å². The van der Waals surface area contributed by atoms with E-state index in [9.17, 15) is 4.79 Å². The Balaban J connectivity index is 1.74. The number of anilines is 1. The first-order valence-corrected chi connectivity index (χ1v) is 7.69. The smallest absolute Gasteiger partial charge is 0.322 e. The van der Waals surface area contributed by atoms with Crippen LogP contribution in [0.5, 0.6) is 0 Å². The fourth-order valence-electron chi connectivity index (χ4n) is 2.71. The molecule has 0 unspecified atom stereocenters. The Labute approximate surface area is 134 Å². The summed E-state index contributed by atoms with van der Waals surface area (Å²) in [6, 6.07) is 7.19. The zero-order valence-corrected chi connectivity index (χ0v) is 13.4. The molecule has 3 rings (SSSR count). The molecule has 116 valence electrons. The molecule has 2 aromatic rings. The average molecular weight is 320 g/mol. The van der Waals surface area contributed by atoms with E-state index in [4.69, 9.17) is 16.1 Å². The first-order chi connectivity index (χ1) is 10.5. The van der Waals surface area contributed by atoms with Crippen molar-refractivity contribution in [2.24, 2.45) is 0 Å². The average Bonchev–Trinajstić information content (AvgIpc) is 3.11. The van der Waals surface area contributed by atoms with E-state index in [1.807, 2.05) is 32.0 Å². The van der Waals surface area contributed by atoms with E-state index >= 15 is 0 Å². The number of halogens is 1. The van der Waals surface area contributed by atoms with E-state index in [0.717, 1.165) is 29.9 Å². The number of rotatable bonds is 2. The number of hydrogen-bond acceptors (Lipinski definition) is 3. The van der Waals surface area contributed by atoms with Crippen LogP contribution in [0.3, 0.4) is 0 Å². The molecule has 1 N–H and O–H groups in total. The normalized spacial score (nSPS) is 17.8. The van der Waals surface area contributed by atoms with Gasteiger partial charge in [-0.2, -0.15) is 0 Å². The van der Waals surface area contributed by atoms with Gasteiger partial charge in [-0.15, -0.1) is 0 Å². The number of carbonyl (C=O) groups is 1. The zero-order valence-electron chi connectivity index (χ0n) is 12.6. The van der Waals surface area contributed by atoms with Crippen molar-refractivity contribution in [2.45, 2.75) is 32.7 Å². The first-order valence-electron chi connectivity index (χ1n) is 7.31. The molecule has 2 heterocycles. The van der Waals surface area contributed by atoms with Crippen LogP contribution in [-0.2, 0) is 0 Å². The van der Waals surface area contributed by atoms with E-state index < -0.39 is 0 Å². The molecule has 0 spiro atoms. The number of likely N-dealkylation sites (tertiary alicyclic amines) is 1. The molecule has 0 aliphatic carbocycles. The molecule has 5 nitrogen and oxygen atoms in total. The lowest BCUT2D eigenvalue weighted by molar-refractivity contribution is 0.195. The van der Waals surface area contributed by atoms with Gasteiger partial charge in [0.1, 0.15) is 0 Å². The minimum atomic E-state index is -0.142. The first kappa shape index (κ1) is 14.9. The number of carbonyl (C=O) groups excluding carboxylic acids is 1. The lowest BCUT2D eigenvalue weighted by Crippen LogP contribution is -2.34. The zero-order chi connectivity index (χ0) is 15.7. The van der Waals surface area contributed by atoms with Gasteiger partial charge < -0.3 is 14.7 Å². The van der Waals surface area contributed by atoms with Crippen LogP contribution in [-0.4, -0.2) is 22.6 Å². The van der Waals surface area contributed by atoms with Crippen LogP contribution >= 0.6 is 11.6 Å². The van der Waals surface area contributed by atoms with Crippen molar-refractivity contribution < 1.29 is 9.32 Å². The van der Waals surface area contributed by atoms with Crippen molar-refractivity contribution in [3.63, 3.8) is 0 Å². The van der Waals surface area contributed by atoms with Crippen molar-refractivity contribution >= 4 is 23.3 Å². The monoisotopic (exact) mass is 319 g/mol. The van der Waals surface area contributed by atoms with Crippen molar-refractivity contribution in [3.05, 3.63) is 46.3 Å². The Morgan fingerprint density at radius 1 is 1.41 bits per heavy atom. The van der Waals surface area contributed by atoms with Gasteiger partial charge in [-0.25, -0.2) is 4.79 Å². The summed E-state index contributed by atoms with van der Waals surface area (Å²) >= 11 is 6.10. The summed E-state index contributed by atoms with van der Waals surface area (Å²) in [4.78, 5) is 14.3. The molecule has 22 heavy (non-hydrogen) atoms. The second-order valence-electron chi connectivity index (χ2n) is 5.62. The number of nitrogens with one attached hydrogen (secondary N) is 1. The lowest BCUT2D eigenvalue weighted by atomic mass is 10.1. The van der Waals surface area contributed by atoms with Gasteiger partial charge in [0.05, 0.1) is 11.7 Å². The molecule has 0 saturated carbocycles. The van der Waals surface area contributed by atoms with Gasteiger partial charge in [0.2, 0.25) is 0 Å². The summed E-state index contributed by atoms with van der Waals surface area (Å²) in [6.07, 6.45) is 1.84. The number of aryl methyl sites for hydroxylation is 2. The number of benzene rings is 1. The van der Waals surface area contributed by atoms with Gasteiger partial charge in [0.15, 0.2) is 5.76 Å². The van der Waals surface area contributed by atoms with Crippen molar-refractivity contribution in [1.82, 2.24) is 10.1 Å². The van der Waals surface area contributed by atoms with Gasteiger partial charge in [-0.1, -0.05) is 22.8 Å². The van der Waals surface area contributed by atoms with Crippen LogP contribution in [0.2, 0.25) is 5.02 Å². The molecule has 2 amide bonds. The summed E-state index contributed by atoms with van der Waals surface area (Å²) in [7, 11) is 0. The molecule has 6 heteroatoms. The van der Waals surface area contributed by atoms with Gasteiger partial charge in [-0.05, 0) is 44.4 Å². The van der Waals surface area contributed by atoms with Crippen LogP contribution in [0.25, 0.3) is 0 Å². The number of hydrogen-bond donors (Lipinski definition) is 1. The summed E-state index contributed by atoms with van der Waals surface area (Å²) in [5.41, 5.74) is 2.50. The van der Waals surface area contributed by atoms with E-state index in [0.29, 0.717) is 17.3 Å². The maximum atomic E-state index is 12.5. The third-order valence-corrected chi connectivity index (χ3v) is 4.32. The fraction of sp³-hybridized carbons (Fsp3) is 0.375. The van der Waals surface area contributed by atoms with Gasteiger partial charge in [-0.3, -0.25) is 0 Å². The molecule has 0 bridgehead atoms. The summed E-state index contributed by atoms with van der Waals surface area (Å²) in [6.45, 7) is 4.51. The number of amides is 2. The second kappa shape index (κ2) is 6.01. The molecular weight excluding hydrogens is 302 g/mol. The molecule has 1 atom stereocenters. The Morgan fingerprint density at radius 3 is 2.91 bits per heavy atom. The van der Waals surface area contributed by atoms with Crippen molar-refractivity contribution in [1.29, 1.82) is 0 Å². The summed E-state index contributed by atoms with van der Waals surface area (Å²) < 4.78 is 5.32. The Morgan fingerprint density at radius 2 is 2.23 bits per heavy atom. The maximum Gasteiger partial charge on any atom is 0.322 e. The molecule has 1 saturated heterocycles. The van der Waals surface area contributed by atoms with E-state index in [2.05, 4.69) is 10.5 Å².